The van der Waals surface area contributed by atoms with Crippen LogP contribution in [0.25, 0.3) is 11.0 Å². The number of carbonyl (C=O) groups is 1. The normalized spacial score (nSPS) is 16.9. The van der Waals surface area contributed by atoms with Gasteiger partial charge in [-0.15, -0.1) is 0 Å². The molecule has 0 spiro atoms. The number of ether oxygens (including phenoxy) is 2. The van der Waals surface area contributed by atoms with E-state index in [4.69, 9.17) is 25.0 Å². The van der Waals surface area contributed by atoms with Crippen LogP contribution in [-0.4, -0.2) is 37.6 Å². The van der Waals surface area contributed by atoms with Crippen LogP contribution in [0.3, 0.4) is 0 Å². The van der Waals surface area contributed by atoms with Crippen LogP contribution < -0.4 is 15.8 Å². The van der Waals surface area contributed by atoms with Crippen molar-refractivity contribution in [2.45, 2.75) is 31.8 Å². The van der Waals surface area contributed by atoms with E-state index >= 15 is 0 Å². The van der Waals surface area contributed by atoms with Gasteiger partial charge in [0, 0.05) is 17.5 Å². The number of hydrogen-bond acceptors (Lipinski definition) is 6. The van der Waals surface area contributed by atoms with Crippen molar-refractivity contribution >= 4 is 22.8 Å². The molecule has 1 unspecified atom stereocenters. The van der Waals surface area contributed by atoms with Crippen molar-refractivity contribution in [2.75, 3.05) is 19.7 Å². The van der Waals surface area contributed by atoms with E-state index in [0.717, 1.165) is 36.2 Å². The summed E-state index contributed by atoms with van der Waals surface area (Å²) in [6.07, 6.45) is 1.35. The van der Waals surface area contributed by atoms with Crippen molar-refractivity contribution in [3.05, 3.63) is 65.4 Å². The van der Waals surface area contributed by atoms with Crippen molar-refractivity contribution in [1.82, 2.24) is 5.32 Å². The van der Waals surface area contributed by atoms with Gasteiger partial charge in [-0.1, -0.05) is 12.1 Å². The highest BCUT2D eigenvalue weighted by Crippen LogP contribution is 2.34. The lowest BCUT2D eigenvalue weighted by molar-refractivity contribution is -0.143. The average Bonchev–Trinajstić information content (AvgIpc) is 3.42. The van der Waals surface area contributed by atoms with Gasteiger partial charge in [0.25, 0.3) is 0 Å². The summed E-state index contributed by atoms with van der Waals surface area (Å²) in [4.78, 5) is 12.3. The molecule has 7 nitrogen and oxygen atoms in total. The molecule has 162 valence electrons. The third-order valence-corrected chi connectivity index (χ3v) is 5.47. The highest BCUT2D eigenvalue weighted by molar-refractivity contribution is 5.98. The topological polar surface area (TPSA) is 111 Å². The van der Waals surface area contributed by atoms with Crippen molar-refractivity contribution in [3.63, 3.8) is 0 Å². The van der Waals surface area contributed by atoms with Crippen LogP contribution >= 0.6 is 0 Å². The Morgan fingerprint density at radius 3 is 2.74 bits per heavy atom. The fourth-order valence-corrected chi connectivity index (χ4v) is 3.87. The Bertz CT molecular complexity index is 1070. The predicted molar refractivity (Wildman–Crippen MR) is 119 cm³/mol. The van der Waals surface area contributed by atoms with Crippen molar-refractivity contribution < 1.29 is 18.7 Å². The Balaban J connectivity index is 1.63. The third-order valence-electron chi connectivity index (χ3n) is 5.47. The van der Waals surface area contributed by atoms with Gasteiger partial charge in [0.2, 0.25) is 0 Å². The van der Waals surface area contributed by atoms with Crippen molar-refractivity contribution in [1.29, 1.82) is 5.41 Å². The van der Waals surface area contributed by atoms with Gasteiger partial charge >= 0.3 is 5.97 Å². The summed E-state index contributed by atoms with van der Waals surface area (Å²) in [5, 5.41) is 11.8. The fraction of sp³-hybridized carbons (Fsp3) is 0.333. The summed E-state index contributed by atoms with van der Waals surface area (Å²) < 4.78 is 17.3. The Morgan fingerprint density at radius 2 is 2.06 bits per heavy atom. The van der Waals surface area contributed by atoms with E-state index < -0.39 is 0 Å². The van der Waals surface area contributed by atoms with Gasteiger partial charge in [-0.25, -0.2) is 0 Å². The number of nitrogen functional groups attached to an aromatic ring is 1. The van der Waals surface area contributed by atoms with Gasteiger partial charge in [0.15, 0.2) is 0 Å². The number of furan rings is 1. The number of carbonyl (C=O) groups excluding carboxylic acids is 1. The van der Waals surface area contributed by atoms with Crippen molar-refractivity contribution in [2.24, 2.45) is 5.73 Å². The van der Waals surface area contributed by atoms with Crippen LogP contribution in [0.15, 0.2) is 52.9 Å². The molecule has 1 saturated heterocycles. The first-order valence-electron chi connectivity index (χ1n) is 10.5. The van der Waals surface area contributed by atoms with Gasteiger partial charge in [-0.3, -0.25) is 10.2 Å². The van der Waals surface area contributed by atoms with E-state index in [1.54, 1.807) is 19.1 Å². The lowest BCUT2D eigenvalue weighted by atomic mass is 9.93. The largest absolute Gasteiger partial charge is 0.489 e. The van der Waals surface area contributed by atoms with E-state index in [1.165, 1.54) is 0 Å². The second kappa shape index (κ2) is 9.22. The molecule has 31 heavy (non-hydrogen) atoms. The molecule has 1 aliphatic rings. The first kappa shape index (κ1) is 20.9. The molecule has 2 atom stereocenters. The van der Waals surface area contributed by atoms with Gasteiger partial charge in [0.1, 0.15) is 29.0 Å². The maximum Gasteiger partial charge on any atom is 0.306 e. The van der Waals surface area contributed by atoms with E-state index in [9.17, 15) is 4.79 Å². The molecule has 2 heterocycles. The minimum atomic E-state index is -0.297. The minimum Gasteiger partial charge on any atom is -0.489 e. The number of rotatable bonds is 8. The molecule has 2 aromatic carbocycles. The van der Waals surface area contributed by atoms with Crippen LogP contribution in [0.5, 0.6) is 5.75 Å². The van der Waals surface area contributed by atoms with Gasteiger partial charge < -0.3 is 24.9 Å². The van der Waals surface area contributed by atoms with E-state index in [2.05, 4.69) is 5.32 Å². The summed E-state index contributed by atoms with van der Waals surface area (Å²) >= 11 is 0. The van der Waals surface area contributed by atoms with Crippen LogP contribution in [0, 0.1) is 5.41 Å². The molecule has 0 aliphatic carbocycles. The standard InChI is InChI=1S/C24H27N3O4/c1-2-29-23(28)13-20(15-3-6-18(7-4-15)30-19-9-10-27-14-19)22-12-17-11-16(24(25)26)5-8-21(17)31-22/h3-8,11-12,19-20,27H,2,9-10,13-14H2,1H3,(H3,25,26)/t19-,20?/m0/s1. The molecular weight excluding hydrogens is 394 g/mol. The number of fused-ring (bicyclic) bond motifs is 1. The molecule has 7 heteroatoms. The smallest absolute Gasteiger partial charge is 0.306 e. The molecule has 0 bridgehead atoms. The number of esters is 1. The van der Waals surface area contributed by atoms with E-state index in [0.29, 0.717) is 23.5 Å². The summed E-state index contributed by atoms with van der Waals surface area (Å²) in [5.41, 5.74) is 7.86. The van der Waals surface area contributed by atoms with E-state index in [-0.39, 0.29) is 30.2 Å². The Kier molecular flexibility index (Phi) is 6.23. The number of hydrogen-bond donors (Lipinski definition) is 3. The summed E-state index contributed by atoms with van der Waals surface area (Å²) in [6.45, 7) is 3.95. The fourth-order valence-electron chi connectivity index (χ4n) is 3.87. The predicted octanol–water partition coefficient (Wildman–Crippen LogP) is 3.54. The highest BCUT2D eigenvalue weighted by Gasteiger charge is 2.24. The number of nitrogens with two attached hydrogens (primary N) is 1. The lowest BCUT2D eigenvalue weighted by Crippen LogP contribution is -2.19. The maximum atomic E-state index is 12.3. The van der Waals surface area contributed by atoms with Crippen LogP contribution in [0.1, 0.15) is 42.6 Å². The Labute approximate surface area is 181 Å². The van der Waals surface area contributed by atoms with Gasteiger partial charge in [0.05, 0.1) is 18.9 Å². The summed E-state index contributed by atoms with van der Waals surface area (Å²) in [7, 11) is 0. The molecule has 1 aromatic heterocycles. The summed E-state index contributed by atoms with van der Waals surface area (Å²) in [5.74, 6) is 0.894. The quantitative estimate of drug-likeness (QED) is 0.291. The lowest BCUT2D eigenvalue weighted by Gasteiger charge is -2.16. The highest BCUT2D eigenvalue weighted by atomic mass is 16.5. The number of nitrogens with one attached hydrogen (secondary N) is 2. The second-order valence-electron chi connectivity index (χ2n) is 7.68. The molecule has 3 aromatic rings. The van der Waals surface area contributed by atoms with Crippen LogP contribution in [0.2, 0.25) is 0 Å². The van der Waals surface area contributed by atoms with E-state index in [1.807, 2.05) is 36.4 Å². The van der Waals surface area contributed by atoms with Gasteiger partial charge in [-0.05, 0) is 61.9 Å². The molecule has 1 fully saturated rings. The number of benzene rings is 2. The monoisotopic (exact) mass is 421 g/mol. The average molecular weight is 421 g/mol. The zero-order chi connectivity index (χ0) is 21.8. The van der Waals surface area contributed by atoms with Gasteiger partial charge in [-0.2, -0.15) is 0 Å². The molecule has 4 rings (SSSR count). The summed E-state index contributed by atoms with van der Waals surface area (Å²) in [6, 6.07) is 15.1. The molecule has 4 N–H and O–H groups in total. The third kappa shape index (κ3) is 4.88. The molecule has 0 radical (unpaired) electrons. The molecule has 1 aliphatic heterocycles. The molecular formula is C24H27N3O4. The molecule has 0 saturated carbocycles. The first-order chi connectivity index (χ1) is 15.0. The van der Waals surface area contributed by atoms with Crippen molar-refractivity contribution in [3.8, 4) is 5.75 Å². The van der Waals surface area contributed by atoms with Crippen LogP contribution in [0.4, 0.5) is 0 Å². The zero-order valence-corrected chi connectivity index (χ0v) is 17.5. The Morgan fingerprint density at radius 1 is 1.26 bits per heavy atom. The minimum absolute atomic E-state index is 0.000718. The Hall–Kier alpha value is -3.32. The second-order valence-corrected chi connectivity index (χ2v) is 7.68. The zero-order valence-electron chi connectivity index (χ0n) is 17.5. The number of amidine groups is 1. The molecule has 0 amide bonds. The SMILES string of the molecule is CCOC(=O)CC(c1ccc(O[C@H]2CCNC2)cc1)c1cc2cc(C(=N)N)ccc2o1. The van der Waals surface area contributed by atoms with Crippen LogP contribution in [-0.2, 0) is 9.53 Å². The first-order valence-corrected chi connectivity index (χ1v) is 10.5. The maximum absolute atomic E-state index is 12.3.